The minimum absolute atomic E-state index is 0.417. The van der Waals surface area contributed by atoms with Crippen molar-refractivity contribution in [2.75, 3.05) is 26.3 Å². The van der Waals surface area contributed by atoms with Crippen LogP contribution in [-0.4, -0.2) is 42.8 Å². The van der Waals surface area contributed by atoms with E-state index < -0.39 is 5.54 Å². The molecular formula is C10H19N3O. The summed E-state index contributed by atoms with van der Waals surface area (Å²) in [6, 6.07) is 2.55. The van der Waals surface area contributed by atoms with E-state index in [1.54, 1.807) is 6.92 Å². The number of nitriles is 1. The summed E-state index contributed by atoms with van der Waals surface area (Å²) in [5.74, 6) is 0. The van der Waals surface area contributed by atoms with E-state index in [2.05, 4.69) is 17.9 Å². The van der Waals surface area contributed by atoms with Crippen LogP contribution in [-0.2, 0) is 4.74 Å². The molecule has 0 spiro atoms. The molecule has 2 unspecified atom stereocenters. The monoisotopic (exact) mass is 197 g/mol. The van der Waals surface area contributed by atoms with Gasteiger partial charge in [0.15, 0.2) is 0 Å². The Morgan fingerprint density at radius 3 is 3.00 bits per heavy atom. The zero-order chi connectivity index (χ0) is 10.6. The highest BCUT2D eigenvalue weighted by Crippen LogP contribution is 2.13. The predicted octanol–water partition coefficient (Wildman–Crippen LogP) is 0.338. The Bertz CT molecular complexity index is 222. The second-order valence-electron chi connectivity index (χ2n) is 4.14. The van der Waals surface area contributed by atoms with Gasteiger partial charge < -0.3 is 10.5 Å². The van der Waals surface area contributed by atoms with E-state index in [1.807, 2.05) is 0 Å². The molecule has 14 heavy (non-hydrogen) atoms. The molecule has 4 nitrogen and oxygen atoms in total. The Balaban J connectivity index is 2.53. The Morgan fingerprint density at radius 2 is 2.43 bits per heavy atom. The van der Waals surface area contributed by atoms with Crippen molar-refractivity contribution in [3.63, 3.8) is 0 Å². The summed E-state index contributed by atoms with van der Waals surface area (Å²) in [7, 11) is 0. The Kier molecular flexibility index (Phi) is 3.87. The zero-order valence-corrected chi connectivity index (χ0v) is 8.99. The lowest BCUT2D eigenvalue weighted by molar-refractivity contribution is -0.0135. The molecular weight excluding hydrogens is 178 g/mol. The van der Waals surface area contributed by atoms with Crippen molar-refractivity contribution in [1.29, 1.82) is 5.26 Å². The normalized spacial score (nSPS) is 28.0. The maximum absolute atomic E-state index is 8.85. The van der Waals surface area contributed by atoms with Gasteiger partial charge in [0, 0.05) is 19.1 Å². The minimum Gasteiger partial charge on any atom is -0.378 e. The molecule has 0 radical (unpaired) electrons. The summed E-state index contributed by atoms with van der Waals surface area (Å²) in [6.45, 7) is 6.93. The number of nitrogens with zero attached hydrogens (tertiary/aromatic N) is 2. The molecule has 2 atom stereocenters. The van der Waals surface area contributed by atoms with Crippen LogP contribution in [0.2, 0.25) is 0 Å². The van der Waals surface area contributed by atoms with E-state index in [-0.39, 0.29) is 0 Å². The molecule has 1 fully saturated rings. The second-order valence-corrected chi connectivity index (χ2v) is 4.14. The number of hydrogen-bond acceptors (Lipinski definition) is 4. The molecule has 2 N–H and O–H groups in total. The van der Waals surface area contributed by atoms with E-state index in [1.165, 1.54) is 0 Å². The Labute approximate surface area is 85.6 Å². The molecule has 1 aliphatic rings. The van der Waals surface area contributed by atoms with Crippen LogP contribution in [0.15, 0.2) is 0 Å². The minimum atomic E-state index is -0.745. The van der Waals surface area contributed by atoms with Gasteiger partial charge in [-0.25, -0.2) is 0 Å². The van der Waals surface area contributed by atoms with Crippen LogP contribution >= 0.6 is 0 Å². The fourth-order valence-corrected chi connectivity index (χ4v) is 1.73. The van der Waals surface area contributed by atoms with Crippen LogP contribution in [0.1, 0.15) is 20.3 Å². The quantitative estimate of drug-likeness (QED) is 0.708. The highest BCUT2D eigenvalue weighted by Gasteiger charge is 2.28. The van der Waals surface area contributed by atoms with Crippen LogP contribution in [0.25, 0.3) is 0 Å². The standard InChI is InChI=1S/C10H19N3O/c1-3-9-6-14-5-4-13(9)8-10(2,12)7-11/h9H,3-6,8,12H2,1-2H3. The molecule has 0 aromatic rings. The molecule has 0 bridgehead atoms. The van der Waals surface area contributed by atoms with Gasteiger partial charge in [-0.3, -0.25) is 4.90 Å². The summed E-state index contributed by atoms with van der Waals surface area (Å²) in [5, 5.41) is 8.85. The third-order valence-electron chi connectivity index (χ3n) is 2.61. The lowest BCUT2D eigenvalue weighted by Crippen LogP contribution is -2.54. The first-order valence-corrected chi connectivity index (χ1v) is 5.11. The first-order valence-electron chi connectivity index (χ1n) is 5.11. The molecule has 0 aromatic heterocycles. The summed E-state index contributed by atoms with van der Waals surface area (Å²) < 4.78 is 5.39. The smallest absolute Gasteiger partial charge is 0.114 e. The van der Waals surface area contributed by atoms with Gasteiger partial charge in [-0.2, -0.15) is 5.26 Å². The first-order chi connectivity index (χ1) is 6.59. The van der Waals surface area contributed by atoms with Crippen molar-refractivity contribution < 1.29 is 4.74 Å². The lowest BCUT2D eigenvalue weighted by Gasteiger charge is -2.37. The molecule has 1 saturated heterocycles. The SMILES string of the molecule is CCC1COCCN1CC(C)(N)C#N. The third-order valence-corrected chi connectivity index (χ3v) is 2.61. The number of morpholine rings is 1. The van der Waals surface area contributed by atoms with Crippen molar-refractivity contribution in [3.05, 3.63) is 0 Å². The Hall–Kier alpha value is -0.630. The number of nitrogens with two attached hydrogens (primary N) is 1. The van der Waals surface area contributed by atoms with E-state index in [0.29, 0.717) is 12.6 Å². The van der Waals surface area contributed by atoms with Gasteiger partial charge in [0.1, 0.15) is 5.54 Å². The Morgan fingerprint density at radius 1 is 1.71 bits per heavy atom. The molecule has 0 saturated carbocycles. The maximum atomic E-state index is 8.85. The van der Waals surface area contributed by atoms with Crippen molar-refractivity contribution >= 4 is 0 Å². The van der Waals surface area contributed by atoms with Gasteiger partial charge in [-0.05, 0) is 13.3 Å². The first kappa shape index (κ1) is 11.4. The fourth-order valence-electron chi connectivity index (χ4n) is 1.73. The average molecular weight is 197 g/mol. The van der Waals surface area contributed by atoms with E-state index in [4.69, 9.17) is 15.7 Å². The van der Waals surface area contributed by atoms with Gasteiger partial charge in [0.2, 0.25) is 0 Å². The summed E-state index contributed by atoms with van der Waals surface area (Å²) in [5.41, 5.74) is 5.07. The highest BCUT2D eigenvalue weighted by molar-refractivity contribution is 5.03. The molecule has 0 amide bonds. The van der Waals surface area contributed by atoms with Crippen molar-refractivity contribution in [3.8, 4) is 6.07 Å². The van der Waals surface area contributed by atoms with Crippen LogP contribution in [0.3, 0.4) is 0 Å². The molecule has 1 heterocycles. The highest BCUT2D eigenvalue weighted by atomic mass is 16.5. The molecule has 4 heteroatoms. The van der Waals surface area contributed by atoms with Crippen LogP contribution < -0.4 is 5.73 Å². The summed E-state index contributed by atoms with van der Waals surface area (Å²) >= 11 is 0. The largest absolute Gasteiger partial charge is 0.378 e. The third kappa shape index (κ3) is 2.95. The van der Waals surface area contributed by atoms with Gasteiger partial charge in [0.25, 0.3) is 0 Å². The topological polar surface area (TPSA) is 62.3 Å². The summed E-state index contributed by atoms with van der Waals surface area (Å²) in [4.78, 5) is 2.26. The van der Waals surface area contributed by atoms with Gasteiger partial charge in [-0.15, -0.1) is 0 Å². The van der Waals surface area contributed by atoms with Crippen molar-refractivity contribution in [1.82, 2.24) is 4.90 Å². The van der Waals surface area contributed by atoms with E-state index in [9.17, 15) is 0 Å². The molecule has 1 rings (SSSR count). The molecule has 80 valence electrons. The van der Waals surface area contributed by atoms with Gasteiger partial charge in [0.05, 0.1) is 19.3 Å². The number of rotatable bonds is 3. The lowest BCUT2D eigenvalue weighted by atomic mass is 10.0. The van der Waals surface area contributed by atoms with E-state index >= 15 is 0 Å². The van der Waals surface area contributed by atoms with Crippen molar-refractivity contribution in [2.24, 2.45) is 5.73 Å². The van der Waals surface area contributed by atoms with Gasteiger partial charge >= 0.3 is 0 Å². The molecule has 1 aliphatic heterocycles. The maximum Gasteiger partial charge on any atom is 0.114 e. The van der Waals surface area contributed by atoms with E-state index in [0.717, 1.165) is 26.2 Å². The van der Waals surface area contributed by atoms with Crippen LogP contribution in [0, 0.1) is 11.3 Å². The van der Waals surface area contributed by atoms with Gasteiger partial charge in [-0.1, -0.05) is 6.92 Å². The number of hydrogen-bond donors (Lipinski definition) is 1. The predicted molar refractivity (Wildman–Crippen MR) is 54.7 cm³/mol. The average Bonchev–Trinajstić information content (AvgIpc) is 2.18. The summed E-state index contributed by atoms with van der Waals surface area (Å²) in [6.07, 6.45) is 1.04. The van der Waals surface area contributed by atoms with Crippen molar-refractivity contribution in [2.45, 2.75) is 31.8 Å². The zero-order valence-electron chi connectivity index (χ0n) is 8.99. The number of ether oxygens (including phenoxy) is 1. The molecule has 0 aromatic carbocycles. The van der Waals surface area contributed by atoms with Crippen LogP contribution in [0.4, 0.5) is 0 Å². The fraction of sp³-hybridized carbons (Fsp3) is 0.900. The van der Waals surface area contributed by atoms with Crippen LogP contribution in [0.5, 0.6) is 0 Å². The second kappa shape index (κ2) is 4.74. The molecule has 0 aliphatic carbocycles.